The van der Waals surface area contributed by atoms with Crippen LogP contribution in [0.4, 0.5) is 30.6 Å². The van der Waals surface area contributed by atoms with Crippen LogP contribution in [-0.4, -0.2) is 73.8 Å². The predicted molar refractivity (Wildman–Crippen MR) is 339 cm³/mol. The highest BCUT2D eigenvalue weighted by Gasteiger charge is 2.18. The number of carbonyl (C=O) groups excluding carboxylic acids is 3. The van der Waals surface area contributed by atoms with Gasteiger partial charge in [-0.15, -0.1) is 12.4 Å². The maximum Gasteiger partial charge on any atom is 0.412 e. The van der Waals surface area contributed by atoms with E-state index in [4.69, 9.17) is 40.4 Å². The first-order valence-electron chi connectivity index (χ1n) is 26.8. The van der Waals surface area contributed by atoms with E-state index >= 15 is 0 Å². The lowest BCUT2D eigenvalue weighted by atomic mass is 10.1. The highest BCUT2D eigenvalue weighted by molar-refractivity contribution is 6.67. The third kappa shape index (κ3) is 15.6. The maximum absolute atomic E-state index is 13.0. The lowest BCUT2D eigenvalue weighted by Crippen LogP contribution is -2.27. The van der Waals surface area contributed by atoms with Gasteiger partial charge in [-0.2, -0.15) is 0 Å². The van der Waals surface area contributed by atoms with Crippen molar-refractivity contribution in [3.8, 4) is 33.4 Å². The molecule has 11 heterocycles. The van der Waals surface area contributed by atoms with E-state index in [9.17, 15) is 28.0 Å². The molecule has 11 aromatic heterocycles. The third-order valence-electron chi connectivity index (χ3n) is 13.1. The fraction of sp³-hybridized carbons (Fsp3) is 0.0769. The SMILES string of the molecule is CC(C)(C)OC(=O)Nc1cnc2[nH]cc(-c3ccoc3)c2c1.Cl.Nc1cnc2[nH]cc(-c3ccoc3)c2c1.O=C(Cl)c1ccc(F)cc1.O=C(Nc1cnc2[nH]cc(C3=CCC=C3)c2c1)c1ccc(F)cc1.O=C(O)c1cnc2[nH]cc(-c3ccoc3)c2c1. The van der Waals surface area contributed by atoms with Crippen molar-refractivity contribution in [2.45, 2.75) is 32.8 Å². The van der Waals surface area contributed by atoms with Crippen molar-refractivity contribution in [2.75, 3.05) is 16.4 Å². The average molecular weight is 1240 g/mol. The molecule has 0 saturated carbocycles. The number of aromatic amines is 4. The van der Waals surface area contributed by atoms with Crippen LogP contribution in [0.15, 0.2) is 210 Å². The number of nitrogens with zero attached hydrogens (tertiary/aromatic N) is 4. The Morgan fingerprint density at radius 3 is 1.47 bits per heavy atom. The van der Waals surface area contributed by atoms with E-state index in [0.717, 1.165) is 89.4 Å². The van der Waals surface area contributed by atoms with Crippen LogP contribution >= 0.6 is 24.0 Å². The second-order valence-electron chi connectivity index (χ2n) is 20.3. The standard InChI is InChI=1S/C19H14FN3O.C16H17N3O3.C12H8N2O3.C11H9N3O.C7H4ClFO.ClH/c20-14-7-5-13(6-8-14)19(24)23-15-9-16-17(12-3-1-2-4-12)11-22-18(16)21-10-15;1-16(2,3)22-15(20)19-11-6-12-13(10-4-5-21-9-10)8-18-14(12)17-7-11;15-12(16)8-3-9-10(7-1-2-17-6-7)5-14-11(9)13-4-8;12-8-3-9-10(7-1-2-15-6-7)5-14-11(9)13-4-8;8-7(10)5-1-3-6(9)4-2-5;/h1,3-11H,2H2,(H,21,22)(H,23,24);4-9H,1-3H3,(H,17,18)(H,19,20);1-6H,(H,13,14)(H,15,16);1-6H,12H2,(H,13,14);1-4H;1H. The molecule has 89 heavy (non-hydrogen) atoms. The Balaban J connectivity index is 0.000000135. The van der Waals surface area contributed by atoms with Gasteiger partial charge in [0, 0.05) is 103 Å². The number of anilines is 3. The smallest absolute Gasteiger partial charge is 0.412 e. The summed E-state index contributed by atoms with van der Waals surface area (Å²) in [6, 6.07) is 23.3. The number of rotatable bonds is 9. The number of benzene rings is 2. The summed E-state index contributed by atoms with van der Waals surface area (Å²) < 4.78 is 45.6. The molecule has 1 aliphatic carbocycles. The molecule has 0 aliphatic heterocycles. The molecular formula is C65H53Cl2F2N11O9. The zero-order chi connectivity index (χ0) is 61.9. The zero-order valence-electron chi connectivity index (χ0n) is 47.3. The van der Waals surface area contributed by atoms with E-state index in [1.165, 1.54) is 54.7 Å². The fourth-order valence-electron chi connectivity index (χ4n) is 8.96. The average Bonchev–Trinajstić information content (AvgIpc) is 3.12. The van der Waals surface area contributed by atoms with Gasteiger partial charge in [-0.25, -0.2) is 38.3 Å². The van der Waals surface area contributed by atoms with Crippen molar-refractivity contribution in [2.24, 2.45) is 0 Å². The number of hydrogen-bond acceptors (Lipinski definition) is 13. The van der Waals surface area contributed by atoms with Crippen LogP contribution in [0.25, 0.3) is 83.1 Å². The number of fused-ring (bicyclic) bond motifs is 4. The number of furan rings is 3. The number of nitrogens with one attached hydrogen (secondary N) is 6. The molecule has 1 aliphatic rings. The minimum Gasteiger partial charge on any atom is -0.478 e. The Labute approximate surface area is 515 Å². The van der Waals surface area contributed by atoms with Gasteiger partial charge in [-0.3, -0.25) is 14.9 Å². The summed E-state index contributed by atoms with van der Waals surface area (Å²) in [5, 5.41) is 17.5. The predicted octanol–water partition coefficient (Wildman–Crippen LogP) is 16.0. The van der Waals surface area contributed by atoms with Crippen LogP contribution < -0.4 is 16.4 Å². The number of aromatic nitrogens is 8. The summed E-state index contributed by atoms with van der Waals surface area (Å²) in [6.07, 6.45) is 30.2. The van der Waals surface area contributed by atoms with Gasteiger partial charge < -0.3 is 54.1 Å². The fourth-order valence-corrected chi connectivity index (χ4v) is 9.08. The van der Waals surface area contributed by atoms with Gasteiger partial charge in [-0.1, -0.05) is 18.2 Å². The van der Waals surface area contributed by atoms with Crippen LogP contribution in [0.3, 0.4) is 0 Å². The van der Waals surface area contributed by atoms with E-state index in [1.54, 1.807) is 68.4 Å². The number of pyridine rings is 4. The van der Waals surface area contributed by atoms with Gasteiger partial charge in [-0.05, 0) is 135 Å². The van der Waals surface area contributed by atoms with Crippen LogP contribution in [0.5, 0.6) is 0 Å². The number of carboxylic acid groups (broad SMARTS) is 1. The summed E-state index contributed by atoms with van der Waals surface area (Å²) in [5.74, 6) is -2.03. The number of amides is 2. The van der Waals surface area contributed by atoms with Crippen molar-refractivity contribution in [3.05, 3.63) is 230 Å². The number of ether oxygens (including phenoxy) is 1. The van der Waals surface area contributed by atoms with Crippen LogP contribution in [0.1, 0.15) is 63.8 Å². The van der Waals surface area contributed by atoms with Crippen molar-refractivity contribution in [3.63, 3.8) is 0 Å². The van der Waals surface area contributed by atoms with E-state index in [2.05, 4.69) is 68.7 Å². The highest BCUT2D eigenvalue weighted by atomic mass is 35.5. The molecule has 24 heteroatoms. The number of hydrogen-bond donors (Lipinski definition) is 8. The number of carbonyl (C=O) groups is 4. The van der Waals surface area contributed by atoms with Crippen LogP contribution in [0, 0.1) is 11.6 Å². The molecule has 20 nitrogen and oxygen atoms in total. The van der Waals surface area contributed by atoms with E-state index in [1.807, 2.05) is 75.8 Å². The molecule has 0 fully saturated rings. The van der Waals surface area contributed by atoms with Crippen molar-refractivity contribution in [1.82, 2.24) is 39.9 Å². The summed E-state index contributed by atoms with van der Waals surface area (Å²) in [7, 11) is 0. The second kappa shape index (κ2) is 27.8. The Morgan fingerprint density at radius 1 is 0.584 bits per heavy atom. The zero-order valence-corrected chi connectivity index (χ0v) is 48.9. The number of allylic oxidation sites excluding steroid dienone is 4. The van der Waals surface area contributed by atoms with E-state index in [0.29, 0.717) is 33.8 Å². The summed E-state index contributed by atoms with van der Waals surface area (Å²) in [4.78, 5) is 74.6. The molecule has 0 saturated heterocycles. The molecule has 9 N–H and O–H groups in total. The topological polar surface area (TPSA) is 302 Å². The van der Waals surface area contributed by atoms with E-state index < -0.39 is 22.9 Å². The van der Waals surface area contributed by atoms with Crippen molar-refractivity contribution in [1.29, 1.82) is 0 Å². The number of nitrogens with two attached hydrogens (primary N) is 1. The normalized spacial score (nSPS) is 11.4. The Morgan fingerprint density at radius 2 is 1.02 bits per heavy atom. The molecule has 450 valence electrons. The van der Waals surface area contributed by atoms with Crippen LogP contribution in [0.2, 0.25) is 0 Å². The summed E-state index contributed by atoms with van der Waals surface area (Å²) in [6.45, 7) is 5.45. The quantitative estimate of drug-likeness (QED) is 0.0624. The van der Waals surface area contributed by atoms with Gasteiger partial charge in [0.2, 0.25) is 0 Å². The maximum atomic E-state index is 13.0. The molecule has 0 unspecified atom stereocenters. The molecule has 0 bridgehead atoms. The van der Waals surface area contributed by atoms with Crippen molar-refractivity contribution < 1.29 is 51.1 Å². The first-order valence-corrected chi connectivity index (χ1v) is 27.1. The number of carboxylic acids is 1. The highest BCUT2D eigenvalue weighted by Crippen LogP contribution is 2.33. The molecule has 0 atom stereocenters. The Kier molecular flexibility index (Phi) is 19.4. The summed E-state index contributed by atoms with van der Waals surface area (Å²) in [5.41, 5.74) is 18.8. The number of H-pyrrole nitrogens is 4. The molecule has 13 aromatic rings. The summed E-state index contributed by atoms with van der Waals surface area (Å²) >= 11 is 5.09. The first-order chi connectivity index (χ1) is 42.4. The van der Waals surface area contributed by atoms with Gasteiger partial charge >= 0.3 is 12.1 Å². The van der Waals surface area contributed by atoms with Gasteiger partial charge in [0.25, 0.3) is 11.1 Å². The number of nitrogen functional groups attached to an aromatic ring is 1. The van der Waals surface area contributed by atoms with Gasteiger partial charge in [0.05, 0.1) is 78.8 Å². The van der Waals surface area contributed by atoms with Gasteiger partial charge in [0.1, 0.15) is 39.8 Å². The van der Waals surface area contributed by atoms with Crippen LogP contribution in [-0.2, 0) is 4.74 Å². The molecule has 2 aromatic carbocycles. The lowest BCUT2D eigenvalue weighted by Gasteiger charge is -2.19. The second-order valence-corrected chi connectivity index (χ2v) is 20.7. The number of halogens is 4. The third-order valence-corrected chi connectivity index (χ3v) is 13.3. The van der Waals surface area contributed by atoms with E-state index in [-0.39, 0.29) is 35.5 Å². The first kappa shape index (κ1) is 62.2. The number of aromatic carboxylic acids is 1. The molecule has 14 rings (SSSR count). The largest absolute Gasteiger partial charge is 0.478 e. The minimum atomic E-state index is -0.987. The van der Waals surface area contributed by atoms with Crippen molar-refractivity contribution >= 4 is 114 Å². The van der Waals surface area contributed by atoms with Gasteiger partial charge in [0.15, 0.2) is 0 Å². The molecule has 2 amide bonds. The Hall–Kier alpha value is -11.4. The molecule has 0 spiro atoms. The minimum absolute atomic E-state index is 0. The molecule has 0 radical (unpaired) electrons. The lowest BCUT2D eigenvalue weighted by molar-refractivity contribution is 0.0633. The Bertz CT molecular complexity index is 4640. The molecular weight excluding hydrogens is 1190 g/mol. The monoisotopic (exact) mass is 1240 g/mol.